The first-order valence-electron chi connectivity index (χ1n) is 8.80. The highest BCUT2D eigenvalue weighted by atomic mass is 16.6. The van der Waals surface area contributed by atoms with Crippen LogP contribution < -0.4 is 5.32 Å². The molecule has 1 N–H and O–H groups in total. The number of ether oxygens (including phenoxy) is 1. The number of hydrogen-bond donors (Lipinski definition) is 1. The Morgan fingerprint density at radius 1 is 1.35 bits per heavy atom. The highest BCUT2D eigenvalue weighted by molar-refractivity contribution is 5.97. The molecular formula is C19H24N2O5. The average molecular weight is 360 g/mol. The monoisotopic (exact) mass is 360 g/mol. The summed E-state index contributed by atoms with van der Waals surface area (Å²) in [6.45, 7) is 3.53. The number of nitrogens with zero attached hydrogens (tertiary/aromatic N) is 1. The van der Waals surface area contributed by atoms with Crippen molar-refractivity contribution in [2.24, 2.45) is 0 Å². The molecule has 7 heteroatoms. The van der Waals surface area contributed by atoms with Crippen LogP contribution >= 0.6 is 0 Å². The largest absolute Gasteiger partial charge is 0.449 e. The van der Waals surface area contributed by atoms with Gasteiger partial charge < -0.3 is 10.1 Å². The van der Waals surface area contributed by atoms with E-state index in [1.165, 1.54) is 37.5 Å². The van der Waals surface area contributed by atoms with Gasteiger partial charge in [-0.15, -0.1) is 0 Å². The molecule has 140 valence electrons. The van der Waals surface area contributed by atoms with E-state index >= 15 is 0 Å². The van der Waals surface area contributed by atoms with Crippen LogP contribution in [0, 0.1) is 17.0 Å². The Morgan fingerprint density at radius 2 is 2.12 bits per heavy atom. The van der Waals surface area contributed by atoms with Crippen LogP contribution in [0.4, 0.5) is 5.69 Å². The fourth-order valence-electron chi connectivity index (χ4n) is 2.96. The second-order valence-electron chi connectivity index (χ2n) is 6.42. The maximum atomic E-state index is 12.3. The predicted octanol–water partition coefficient (Wildman–Crippen LogP) is 3.46. The van der Waals surface area contributed by atoms with Gasteiger partial charge in [0.1, 0.15) is 5.56 Å². The summed E-state index contributed by atoms with van der Waals surface area (Å²) in [4.78, 5) is 34.9. The van der Waals surface area contributed by atoms with E-state index in [0.29, 0.717) is 12.1 Å². The fraction of sp³-hybridized carbons (Fsp3) is 0.474. The van der Waals surface area contributed by atoms with Crippen molar-refractivity contribution in [2.45, 2.75) is 52.1 Å². The zero-order valence-corrected chi connectivity index (χ0v) is 15.1. The molecule has 7 nitrogen and oxygen atoms in total. The number of aryl methyl sites for hydroxylation is 1. The van der Waals surface area contributed by atoms with E-state index in [4.69, 9.17) is 4.74 Å². The van der Waals surface area contributed by atoms with E-state index in [1.807, 2.05) is 0 Å². The number of allylic oxidation sites excluding steroid dienone is 1. The first kappa shape index (κ1) is 19.6. The molecule has 0 aromatic heterocycles. The second-order valence-corrected chi connectivity index (χ2v) is 6.42. The topological polar surface area (TPSA) is 98.5 Å². The molecule has 0 heterocycles. The Labute approximate surface area is 152 Å². The molecular weight excluding hydrogens is 336 g/mol. The third-order valence-corrected chi connectivity index (χ3v) is 4.44. The minimum atomic E-state index is -1.03. The van der Waals surface area contributed by atoms with Gasteiger partial charge in [-0.2, -0.15) is 0 Å². The molecule has 0 radical (unpaired) electrons. The number of carbonyl (C=O) groups is 2. The lowest BCUT2D eigenvalue weighted by atomic mass is 9.97. The zero-order valence-electron chi connectivity index (χ0n) is 15.1. The molecule has 0 aliphatic heterocycles. The first-order chi connectivity index (χ1) is 12.4. The molecule has 0 fully saturated rings. The number of esters is 1. The number of hydrogen-bond acceptors (Lipinski definition) is 5. The van der Waals surface area contributed by atoms with E-state index in [2.05, 4.69) is 11.4 Å². The summed E-state index contributed by atoms with van der Waals surface area (Å²) in [6.07, 6.45) is 6.54. The van der Waals surface area contributed by atoms with Gasteiger partial charge in [-0.1, -0.05) is 23.8 Å². The number of rotatable bonds is 7. The smallest absolute Gasteiger partial charge is 0.346 e. The molecule has 1 aromatic carbocycles. The Morgan fingerprint density at radius 3 is 2.77 bits per heavy atom. The Bertz CT molecular complexity index is 727. The first-order valence-corrected chi connectivity index (χ1v) is 8.80. The van der Waals surface area contributed by atoms with Gasteiger partial charge in [0.15, 0.2) is 6.10 Å². The number of nitrogens with one attached hydrogen (secondary N) is 1. The van der Waals surface area contributed by atoms with Crippen LogP contribution in [0.25, 0.3) is 0 Å². The lowest BCUT2D eigenvalue weighted by Crippen LogP contribution is -2.36. The van der Waals surface area contributed by atoms with Crippen molar-refractivity contribution in [3.63, 3.8) is 0 Å². The minimum absolute atomic E-state index is 0.121. The number of carbonyl (C=O) groups excluding carboxylic acids is 2. The van der Waals surface area contributed by atoms with Crippen LogP contribution in [0.15, 0.2) is 29.8 Å². The van der Waals surface area contributed by atoms with E-state index in [1.54, 1.807) is 13.0 Å². The normalized spacial score (nSPS) is 14.9. The summed E-state index contributed by atoms with van der Waals surface area (Å²) in [5, 5.41) is 13.9. The Kier molecular flexibility index (Phi) is 6.89. The summed E-state index contributed by atoms with van der Waals surface area (Å²) < 4.78 is 5.14. The molecule has 1 atom stereocenters. The predicted molar refractivity (Wildman–Crippen MR) is 96.9 cm³/mol. The summed E-state index contributed by atoms with van der Waals surface area (Å²) >= 11 is 0. The minimum Gasteiger partial charge on any atom is -0.449 e. The van der Waals surface area contributed by atoms with Crippen molar-refractivity contribution in [3.8, 4) is 0 Å². The average Bonchev–Trinajstić information content (AvgIpc) is 2.62. The Hall–Kier alpha value is -2.70. The molecule has 0 bridgehead atoms. The van der Waals surface area contributed by atoms with E-state index in [9.17, 15) is 19.7 Å². The van der Waals surface area contributed by atoms with E-state index in [0.717, 1.165) is 19.3 Å². The van der Waals surface area contributed by atoms with Gasteiger partial charge in [-0.25, -0.2) is 4.79 Å². The van der Waals surface area contributed by atoms with Gasteiger partial charge in [-0.05, 0) is 51.5 Å². The molecule has 0 saturated carbocycles. The van der Waals surface area contributed by atoms with Crippen LogP contribution in [-0.2, 0) is 9.53 Å². The van der Waals surface area contributed by atoms with E-state index < -0.39 is 22.9 Å². The lowest BCUT2D eigenvalue weighted by Gasteiger charge is -2.16. The van der Waals surface area contributed by atoms with Crippen LogP contribution in [-0.4, -0.2) is 29.4 Å². The molecule has 1 aliphatic carbocycles. The van der Waals surface area contributed by atoms with Crippen molar-refractivity contribution in [3.05, 3.63) is 51.1 Å². The van der Waals surface area contributed by atoms with Crippen LogP contribution in [0.3, 0.4) is 0 Å². The number of nitro benzene ring substituents is 1. The Balaban J connectivity index is 1.91. The molecule has 2 rings (SSSR count). The molecule has 0 unspecified atom stereocenters. The SMILES string of the molecule is Cc1cccc([N+](=O)[O-])c1C(=O)O[C@H](C)C(=O)NCCC1=CCCCC1. The molecule has 1 aliphatic rings. The molecule has 0 saturated heterocycles. The standard InChI is InChI=1S/C19H24N2O5/c1-13-7-6-10-16(21(24)25)17(13)19(23)26-14(2)18(22)20-12-11-15-8-4-3-5-9-15/h6-8,10,14H,3-5,9,11-12H2,1-2H3,(H,20,22)/t14-/m1/s1. The second kappa shape index (κ2) is 9.12. The third-order valence-electron chi connectivity index (χ3n) is 4.44. The van der Waals surface area contributed by atoms with Crippen LogP contribution in [0.5, 0.6) is 0 Å². The number of benzene rings is 1. The van der Waals surface area contributed by atoms with Crippen molar-refractivity contribution < 1.29 is 19.2 Å². The van der Waals surface area contributed by atoms with Crippen molar-refractivity contribution in [2.75, 3.05) is 6.54 Å². The molecule has 1 amide bonds. The highest BCUT2D eigenvalue weighted by Crippen LogP contribution is 2.23. The van der Waals surface area contributed by atoms with Gasteiger partial charge in [-0.3, -0.25) is 14.9 Å². The fourth-order valence-corrected chi connectivity index (χ4v) is 2.96. The quantitative estimate of drug-likeness (QED) is 0.347. The van der Waals surface area contributed by atoms with Gasteiger partial charge in [0, 0.05) is 12.6 Å². The van der Waals surface area contributed by atoms with Gasteiger partial charge in [0.25, 0.3) is 11.6 Å². The summed E-state index contributed by atoms with van der Waals surface area (Å²) in [6, 6.07) is 4.33. The highest BCUT2D eigenvalue weighted by Gasteiger charge is 2.26. The van der Waals surface area contributed by atoms with Gasteiger partial charge >= 0.3 is 5.97 Å². The van der Waals surface area contributed by atoms with Crippen LogP contribution in [0.2, 0.25) is 0 Å². The number of nitro groups is 1. The molecule has 26 heavy (non-hydrogen) atoms. The summed E-state index contributed by atoms with van der Waals surface area (Å²) in [5.74, 6) is -1.28. The lowest BCUT2D eigenvalue weighted by molar-refractivity contribution is -0.385. The maximum absolute atomic E-state index is 12.3. The van der Waals surface area contributed by atoms with Gasteiger partial charge in [0.2, 0.25) is 0 Å². The summed E-state index contributed by atoms with van der Waals surface area (Å²) in [5.41, 5.74) is 1.33. The molecule has 0 spiro atoms. The number of amides is 1. The van der Waals surface area contributed by atoms with Gasteiger partial charge in [0.05, 0.1) is 4.92 Å². The summed E-state index contributed by atoms with van der Waals surface area (Å²) in [7, 11) is 0. The zero-order chi connectivity index (χ0) is 19.1. The van der Waals surface area contributed by atoms with Crippen molar-refractivity contribution >= 4 is 17.6 Å². The molecule has 1 aromatic rings. The van der Waals surface area contributed by atoms with Crippen molar-refractivity contribution in [1.82, 2.24) is 5.32 Å². The third kappa shape index (κ3) is 5.15. The van der Waals surface area contributed by atoms with Crippen molar-refractivity contribution in [1.29, 1.82) is 0 Å². The van der Waals surface area contributed by atoms with Crippen LogP contribution in [0.1, 0.15) is 54.9 Å². The van der Waals surface area contributed by atoms with E-state index in [-0.39, 0.29) is 11.3 Å². The maximum Gasteiger partial charge on any atom is 0.346 e.